The van der Waals surface area contributed by atoms with Crippen molar-refractivity contribution in [3.8, 4) is 0 Å². The maximum Gasteiger partial charge on any atom is 0.288 e. The van der Waals surface area contributed by atoms with E-state index in [0.717, 1.165) is 5.56 Å². The molecule has 1 heterocycles. The summed E-state index contributed by atoms with van der Waals surface area (Å²) in [6.07, 6.45) is 1.45. The van der Waals surface area contributed by atoms with Gasteiger partial charge in [0, 0.05) is 12.7 Å². The molecule has 0 aliphatic heterocycles. The Balaban J connectivity index is 1.88. The Hall–Kier alpha value is -1.36. The van der Waals surface area contributed by atoms with E-state index in [1.165, 1.54) is 10.8 Å². The first-order valence-electron chi connectivity index (χ1n) is 5.71. The highest BCUT2D eigenvalue weighted by molar-refractivity contribution is 6.32. The van der Waals surface area contributed by atoms with Crippen LogP contribution in [0.1, 0.15) is 5.56 Å². The highest BCUT2D eigenvalue weighted by Gasteiger charge is 2.04. The van der Waals surface area contributed by atoms with Gasteiger partial charge in [-0.1, -0.05) is 53.5 Å². The van der Waals surface area contributed by atoms with Crippen molar-refractivity contribution in [3.63, 3.8) is 0 Å². The summed E-state index contributed by atoms with van der Waals surface area (Å²) in [5, 5.41) is 0.0585. The summed E-state index contributed by atoms with van der Waals surface area (Å²) in [5.41, 5.74) is 0.718. The zero-order chi connectivity index (χ0) is 13.7. The van der Waals surface area contributed by atoms with Crippen LogP contribution in [-0.2, 0) is 17.9 Å². The van der Waals surface area contributed by atoms with Gasteiger partial charge >= 0.3 is 0 Å². The van der Waals surface area contributed by atoms with E-state index in [-0.39, 0.29) is 15.9 Å². The number of hydrogen-bond acceptors (Lipinski definition) is 3. The molecule has 0 fully saturated rings. The zero-order valence-electron chi connectivity index (χ0n) is 10.1. The molecular formula is C13H12Cl2N2O2. The van der Waals surface area contributed by atoms with E-state index >= 15 is 0 Å². The summed E-state index contributed by atoms with van der Waals surface area (Å²) in [7, 11) is 0. The highest BCUT2D eigenvalue weighted by Crippen LogP contribution is 2.06. The SMILES string of the molecule is O=c1c(Cl)nc(Cl)cn1CCOCc1ccccc1. The largest absolute Gasteiger partial charge is 0.375 e. The topological polar surface area (TPSA) is 44.1 Å². The standard InChI is InChI=1S/C13H12Cl2N2O2/c14-11-8-17(13(18)12(15)16-11)6-7-19-9-10-4-2-1-3-5-10/h1-5,8H,6-7,9H2. The van der Waals surface area contributed by atoms with Crippen molar-refractivity contribution < 1.29 is 4.74 Å². The Kier molecular flexibility index (Phi) is 4.96. The Labute approximate surface area is 120 Å². The van der Waals surface area contributed by atoms with E-state index < -0.39 is 0 Å². The molecule has 0 radical (unpaired) electrons. The molecule has 1 aromatic heterocycles. The third kappa shape index (κ3) is 4.06. The van der Waals surface area contributed by atoms with Crippen LogP contribution in [-0.4, -0.2) is 16.2 Å². The first kappa shape index (κ1) is 14.1. The molecule has 0 N–H and O–H groups in total. The second-order valence-corrected chi connectivity index (χ2v) is 4.64. The number of halogens is 2. The minimum absolute atomic E-state index is 0.129. The minimum atomic E-state index is -0.366. The molecule has 0 spiro atoms. The van der Waals surface area contributed by atoms with Crippen LogP contribution in [0.4, 0.5) is 0 Å². The van der Waals surface area contributed by atoms with Gasteiger partial charge in [-0.15, -0.1) is 0 Å². The summed E-state index contributed by atoms with van der Waals surface area (Å²) < 4.78 is 6.88. The lowest BCUT2D eigenvalue weighted by Crippen LogP contribution is -2.23. The molecule has 2 rings (SSSR count). The fourth-order valence-corrected chi connectivity index (χ4v) is 2.01. The average Bonchev–Trinajstić information content (AvgIpc) is 2.41. The zero-order valence-corrected chi connectivity index (χ0v) is 11.6. The summed E-state index contributed by atoms with van der Waals surface area (Å²) in [4.78, 5) is 15.3. The van der Waals surface area contributed by atoms with E-state index in [4.69, 9.17) is 27.9 Å². The van der Waals surface area contributed by atoms with Crippen molar-refractivity contribution in [2.45, 2.75) is 13.2 Å². The summed E-state index contributed by atoms with van der Waals surface area (Å²) in [6.45, 7) is 1.28. The van der Waals surface area contributed by atoms with Crippen molar-refractivity contribution >= 4 is 23.2 Å². The van der Waals surface area contributed by atoms with Crippen molar-refractivity contribution in [1.29, 1.82) is 0 Å². The highest BCUT2D eigenvalue weighted by atomic mass is 35.5. The fraction of sp³-hybridized carbons (Fsp3) is 0.231. The first-order valence-corrected chi connectivity index (χ1v) is 6.46. The fourth-order valence-electron chi connectivity index (χ4n) is 1.57. The maximum absolute atomic E-state index is 11.6. The molecule has 1 aromatic carbocycles. The molecule has 100 valence electrons. The smallest absolute Gasteiger partial charge is 0.288 e. The molecule has 0 saturated carbocycles. The predicted molar refractivity (Wildman–Crippen MR) is 74.6 cm³/mol. The third-order valence-electron chi connectivity index (χ3n) is 2.49. The van der Waals surface area contributed by atoms with Crippen LogP contribution in [0.15, 0.2) is 41.3 Å². The van der Waals surface area contributed by atoms with Gasteiger partial charge < -0.3 is 9.30 Å². The summed E-state index contributed by atoms with van der Waals surface area (Å²) in [6, 6.07) is 9.81. The summed E-state index contributed by atoms with van der Waals surface area (Å²) in [5.74, 6) is 0. The Bertz CT molecular complexity index is 599. The van der Waals surface area contributed by atoms with Gasteiger partial charge in [-0.3, -0.25) is 4.79 Å². The molecule has 0 amide bonds. The van der Waals surface area contributed by atoms with Gasteiger partial charge in [0.25, 0.3) is 5.56 Å². The van der Waals surface area contributed by atoms with Crippen molar-refractivity contribution in [3.05, 3.63) is 62.8 Å². The molecule has 19 heavy (non-hydrogen) atoms. The predicted octanol–water partition coefficient (Wildman–Crippen LogP) is 2.77. The second-order valence-electron chi connectivity index (χ2n) is 3.89. The molecule has 0 atom stereocenters. The molecular weight excluding hydrogens is 287 g/mol. The number of ether oxygens (including phenoxy) is 1. The van der Waals surface area contributed by atoms with Gasteiger partial charge in [0.1, 0.15) is 5.15 Å². The van der Waals surface area contributed by atoms with Crippen molar-refractivity contribution in [1.82, 2.24) is 9.55 Å². The number of benzene rings is 1. The van der Waals surface area contributed by atoms with Gasteiger partial charge in [0.2, 0.25) is 0 Å². The van der Waals surface area contributed by atoms with Gasteiger partial charge in [0.05, 0.1) is 13.2 Å². The monoisotopic (exact) mass is 298 g/mol. The first-order chi connectivity index (χ1) is 9.16. The third-order valence-corrected chi connectivity index (χ3v) is 2.92. The van der Waals surface area contributed by atoms with E-state index in [2.05, 4.69) is 4.98 Å². The van der Waals surface area contributed by atoms with Gasteiger partial charge in [0.15, 0.2) is 5.15 Å². The lowest BCUT2D eigenvalue weighted by molar-refractivity contribution is 0.112. The van der Waals surface area contributed by atoms with Gasteiger partial charge in [-0.25, -0.2) is 4.98 Å². The number of hydrogen-bond donors (Lipinski definition) is 0. The van der Waals surface area contributed by atoms with Crippen LogP contribution in [0.5, 0.6) is 0 Å². The van der Waals surface area contributed by atoms with Crippen LogP contribution < -0.4 is 5.56 Å². The lowest BCUT2D eigenvalue weighted by atomic mass is 10.2. The van der Waals surface area contributed by atoms with Crippen LogP contribution in [0, 0.1) is 0 Å². The van der Waals surface area contributed by atoms with E-state index in [0.29, 0.717) is 19.8 Å². The second kappa shape index (κ2) is 6.70. The molecule has 0 bridgehead atoms. The maximum atomic E-state index is 11.6. The lowest BCUT2D eigenvalue weighted by Gasteiger charge is -2.07. The number of aromatic nitrogens is 2. The van der Waals surface area contributed by atoms with E-state index in [1.807, 2.05) is 30.3 Å². The quantitative estimate of drug-likeness (QED) is 0.797. The summed E-state index contributed by atoms with van der Waals surface area (Å²) >= 11 is 11.4. The van der Waals surface area contributed by atoms with Crippen molar-refractivity contribution in [2.75, 3.05) is 6.61 Å². The Morgan fingerprint density at radius 1 is 1.21 bits per heavy atom. The molecule has 0 aliphatic rings. The van der Waals surface area contributed by atoms with Crippen LogP contribution >= 0.6 is 23.2 Å². The molecule has 6 heteroatoms. The van der Waals surface area contributed by atoms with Crippen LogP contribution in [0.2, 0.25) is 10.3 Å². The van der Waals surface area contributed by atoms with Crippen LogP contribution in [0.3, 0.4) is 0 Å². The molecule has 0 aliphatic carbocycles. The molecule has 0 saturated heterocycles. The molecule has 2 aromatic rings. The van der Waals surface area contributed by atoms with Gasteiger partial charge in [-0.2, -0.15) is 0 Å². The number of rotatable bonds is 5. The normalized spacial score (nSPS) is 10.6. The Morgan fingerprint density at radius 2 is 1.95 bits per heavy atom. The van der Waals surface area contributed by atoms with Gasteiger partial charge in [-0.05, 0) is 5.56 Å². The molecule has 0 unspecified atom stereocenters. The average molecular weight is 299 g/mol. The minimum Gasteiger partial charge on any atom is -0.375 e. The van der Waals surface area contributed by atoms with Crippen LogP contribution in [0.25, 0.3) is 0 Å². The number of nitrogens with zero attached hydrogens (tertiary/aromatic N) is 2. The van der Waals surface area contributed by atoms with E-state index in [1.54, 1.807) is 0 Å². The van der Waals surface area contributed by atoms with E-state index in [9.17, 15) is 4.79 Å². The Morgan fingerprint density at radius 3 is 2.68 bits per heavy atom. The molecule has 4 nitrogen and oxygen atoms in total. The van der Waals surface area contributed by atoms with Crippen molar-refractivity contribution in [2.24, 2.45) is 0 Å².